The minimum absolute atomic E-state index is 0.787. The van der Waals surface area contributed by atoms with Gasteiger partial charge in [-0.05, 0) is 62.2 Å². The molecular formula is C18H27N4OS+. The molecule has 0 atom stereocenters. The normalized spacial score (nSPS) is 16.6. The molecule has 2 heterocycles. The Morgan fingerprint density at radius 2 is 1.71 bits per heavy atom. The third-order valence-electron chi connectivity index (χ3n) is 4.82. The van der Waals surface area contributed by atoms with Crippen LogP contribution in [0.25, 0.3) is 11.4 Å². The van der Waals surface area contributed by atoms with Gasteiger partial charge in [0.25, 0.3) is 0 Å². The van der Waals surface area contributed by atoms with Crippen molar-refractivity contribution >= 4 is 12.2 Å². The van der Waals surface area contributed by atoms with Crippen LogP contribution in [0.2, 0.25) is 0 Å². The van der Waals surface area contributed by atoms with Gasteiger partial charge in [-0.25, -0.2) is 0 Å². The largest absolute Gasteiger partial charge is 0.497 e. The zero-order valence-corrected chi connectivity index (χ0v) is 15.4. The Hall–Kier alpha value is -1.66. The maximum atomic E-state index is 5.62. The number of methoxy groups -OCH3 is 1. The van der Waals surface area contributed by atoms with Crippen LogP contribution in [0, 0.1) is 4.77 Å². The first-order valence-electron chi connectivity index (χ1n) is 8.81. The molecule has 5 nitrogen and oxygen atoms in total. The minimum atomic E-state index is 0.787. The van der Waals surface area contributed by atoms with Crippen LogP contribution in [-0.4, -0.2) is 34.5 Å². The Bertz CT molecular complexity index is 712. The predicted octanol–water partition coefficient (Wildman–Crippen LogP) is 2.43. The molecule has 1 N–H and O–H groups in total. The topological polar surface area (TPSA) is 36.4 Å². The average molecular weight is 348 g/mol. The first-order chi connectivity index (χ1) is 11.7. The molecule has 1 fully saturated rings. The van der Waals surface area contributed by atoms with Gasteiger partial charge in [0, 0.05) is 12.6 Å². The van der Waals surface area contributed by atoms with Crippen LogP contribution in [0.15, 0.2) is 24.3 Å². The lowest BCUT2D eigenvalue weighted by molar-refractivity contribution is -0.924. The quantitative estimate of drug-likeness (QED) is 0.863. The summed E-state index contributed by atoms with van der Waals surface area (Å²) in [6.07, 6.45) is 6.71. The maximum absolute atomic E-state index is 5.62. The van der Waals surface area contributed by atoms with Crippen molar-refractivity contribution in [2.75, 3.05) is 20.2 Å². The Kier molecular flexibility index (Phi) is 5.68. The third-order valence-corrected chi connectivity index (χ3v) is 5.31. The Balaban J connectivity index is 1.80. The van der Waals surface area contributed by atoms with Crippen LogP contribution >= 0.6 is 12.2 Å². The Morgan fingerprint density at radius 1 is 1.08 bits per heavy atom. The van der Waals surface area contributed by atoms with E-state index in [1.54, 1.807) is 12.0 Å². The smallest absolute Gasteiger partial charge is 0.202 e. The summed E-state index contributed by atoms with van der Waals surface area (Å²) >= 11 is 5.62. The van der Waals surface area contributed by atoms with Gasteiger partial charge in [0.1, 0.15) is 5.75 Å². The molecule has 0 bridgehead atoms. The highest BCUT2D eigenvalue weighted by atomic mass is 32.1. The fourth-order valence-corrected chi connectivity index (χ4v) is 3.55. The number of ether oxygens (including phenoxy) is 1. The van der Waals surface area contributed by atoms with Gasteiger partial charge in [-0.3, -0.25) is 0 Å². The van der Waals surface area contributed by atoms with E-state index in [-0.39, 0.29) is 0 Å². The van der Waals surface area contributed by atoms with E-state index in [2.05, 4.69) is 0 Å². The summed E-state index contributed by atoms with van der Waals surface area (Å²) in [5.41, 5.74) is 1.06. The van der Waals surface area contributed by atoms with Crippen LogP contribution in [0.4, 0.5) is 0 Å². The van der Waals surface area contributed by atoms with Crippen LogP contribution in [0.5, 0.6) is 5.75 Å². The van der Waals surface area contributed by atoms with Crippen molar-refractivity contribution in [1.82, 2.24) is 14.3 Å². The number of benzene rings is 1. The van der Waals surface area contributed by atoms with E-state index in [1.807, 2.05) is 40.6 Å². The van der Waals surface area contributed by atoms with Crippen LogP contribution in [0.1, 0.15) is 32.1 Å². The van der Waals surface area contributed by atoms with Crippen molar-refractivity contribution in [1.29, 1.82) is 0 Å². The molecule has 6 heteroatoms. The standard InChI is InChI=1S/C18H26N4OS/c1-20-17(15-8-10-16(23-2)11-9-15)19-22(18(20)24)14-21-12-6-4-3-5-7-13-21/h8-11H,3-7,12-14H2,1-2H3/p+1. The predicted molar refractivity (Wildman–Crippen MR) is 97.8 cm³/mol. The summed E-state index contributed by atoms with van der Waals surface area (Å²) in [5.74, 6) is 1.76. The summed E-state index contributed by atoms with van der Waals surface area (Å²) in [5, 5.41) is 4.80. The van der Waals surface area contributed by atoms with Gasteiger partial charge in [-0.1, -0.05) is 6.42 Å². The molecule has 1 aliphatic heterocycles. The highest BCUT2D eigenvalue weighted by Gasteiger charge is 2.16. The van der Waals surface area contributed by atoms with Gasteiger partial charge in [-0.2, -0.15) is 4.68 Å². The first kappa shape index (κ1) is 17.2. The summed E-state index contributed by atoms with van der Waals surface area (Å²) < 4.78 is 10.0. The van der Waals surface area contributed by atoms with Crippen molar-refractivity contribution in [2.45, 2.75) is 38.8 Å². The zero-order valence-electron chi connectivity index (χ0n) is 14.6. The molecule has 0 spiro atoms. The lowest BCUT2D eigenvalue weighted by Crippen LogP contribution is -3.11. The van der Waals surface area contributed by atoms with E-state index in [0.717, 1.165) is 28.6 Å². The second-order valence-corrected chi connectivity index (χ2v) is 6.93. The molecule has 0 unspecified atom stereocenters. The number of nitrogens with one attached hydrogen (secondary N) is 1. The number of hydrogen-bond donors (Lipinski definition) is 1. The first-order valence-corrected chi connectivity index (χ1v) is 9.21. The summed E-state index contributed by atoms with van der Waals surface area (Å²) in [7, 11) is 3.67. The molecule has 0 amide bonds. The number of rotatable bonds is 4. The molecule has 1 aromatic carbocycles. The van der Waals surface area contributed by atoms with Gasteiger partial charge >= 0.3 is 0 Å². The van der Waals surface area contributed by atoms with Gasteiger partial charge in [0.05, 0.1) is 20.2 Å². The van der Waals surface area contributed by atoms with Crippen molar-refractivity contribution in [2.24, 2.45) is 7.05 Å². The Labute approximate surface area is 148 Å². The van der Waals surface area contributed by atoms with Gasteiger partial charge in [0.15, 0.2) is 12.5 Å². The lowest BCUT2D eigenvalue weighted by Gasteiger charge is -2.21. The molecule has 0 radical (unpaired) electrons. The van der Waals surface area contributed by atoms with Gasteiger partial charge < -0.3 is 14.2 Å². The average Bonchev–Trinajstić information content (AvgIpc) is 2.85. The van der Waals surface area contributed by atoms with E-state index in [4.69, 9.17) is 22.1 Å². The number of quaternary nitrogens is 1. The van der Waals surface area contributed by atoms with Crippen LogP contribution in [0.3, 0.4) is 0 Å². The highest BCUT2D eigenvalue weighted by Crippen LogP contribution is 2.20. The maximum Gasteiger partial charge on any atom is 0.202 e. The molecular weight excluding hydrogens is 320 g/mol. The van der Waals surface area contributed by atoms with Crippen LogP contribution < -0.4 is 9.64 Å². The number of nitrogens with zero attached hydrogens (tertiary/aromatic N) is 3. The second kappa shape index (κ2) is 7.94. The molecule has 1 aromatic heterocycles. The second-order valence-electron chi connectivity index (χ2n) is 6.57. The molecule has 130 valence electrons. The number of likely N-dealkylation sites (tertiary alicyclic amines) is 1. The molecule has 1 saturated heterocycles. The van der Waals surface area contributed by atoms with E-state index in [9.17, 15) is 0 Å². The fourth-order valence-electron chi connectivity index (χ4n) is 3.36. The monoisotopic (exact) mass is 347 g/mol. The Morgan fingerprint density at radius 3 is 2.33 bits per heavy atom. The summed E-state index contributed by atoms with van der Waals surface area (Å²) in [6, 6.07) is 7.98. The highest BCUT2D eigenvalue weighted by molar-refractivity contribution is 7.71. The van der Waals surface area contributed by atoms with E-state index in [1.165, 1.54) is 45.2 Å². The third kappa shape index (κ3) is 3.87. The van der Waals surface area contributed by atoms with E-state index < -0.39 is 0 Å². The lowest BCUT2D eigenvalue weighted by atomic mass is 10.1. The molecule has 3 rings (SSSR count). The van der Waals surface area contributed by atoms with Gasteiger partial charge in [0.2, 0.25) is 4.77 Å². The molecule has 0 saturated carbocycles. The fraction of sp³-hybridized carbons (Fsp3) is 0.556. The summed E-state index contributed by atoms with van der Waals surface area (Å²) in [4.78, 5) is 1.59. The van der Waals surface area contributed by atoms with Crippen molar-refractivity contribution in [3.63, 3.8) is 0 Å². The van der Waals surface area contributed by atoms with Crippen molar-refractivity contribution in [3.8, 4) is 17.1 Å². The molecule has 24 heavy (non-hydrogen) atoms. The van der Waals surface area contributed by atoms with Crippen molar-refractivity contribution in [3.05, 3.63) is 29.0 Å². The van der Waals surface area contributed by atoms with Crippen molar-refractivity contribution < 1.29 is 9.64 Å². The number of hydrogen-bond acceptors (Lipinski definition) is 3. The zero-order chi connectivity index (χ0) is 16.9. The minimum Gasteiger partial charge on any atom is -0.497 e. The van der Waals surface area contributed by atoms with Crippen LogP contribution in [-0.2, 0) is 13.7 Å². The SMILES string of the molecule is COc1ccc(-c2nn(C[NH+]3CCCCCCC3)c(=S)n2C)cc1. The molecule has 1 aliphatic rings. The summed E-state index contributed by atoms with van der Waals surface area (Å²) in [6.45, 7) is 3.30. The van der Waals surface area contributed by atoms with E-state index >= 15 is 0 Å². The van der Waals surface area contributed by atoms with Gasteiger partial charge in [-0.15, -0.1) is 5.10 Å². The molecule has 0 aliphatic carbocycles. The number of aromatic nitrogens is 3. The molecule has 2 aromatic rings. The van der Waals surface area contributed by atoms with E-state index in [0.29, 0.717) is 0 Å².